The van der Waals surface area contributed by atoms with E-state index in [1.807, 2.05) is 0 Å². The fourth-order valence-electron chi connectivity index (χ4n) is 1.57. The lowest BCUT2D eigenvalue weighted by molar-refractivity contribution is -0.0824. The van der Waals surface area contributed by atoms with Gasteiger partial charge in [0.25, 0.3) is 0 Å². The zero-order valence-electron chi connectivity index (χ0n) is 10.5. The van der Waals surface area contributed by atoms with Crippen molar-refractivity contribution in [1.29, 1.82) is 0 Å². The van der Waals surface area contributed by atoms with Gasteiger partial charge < -0.3 is 8.85 Å². The van der Waals surface area contributed by atoms with Crippen LogP contribution in [0, 0.1) is 17.8 Å². The molecule has 0 N–H and O–H groups in total. The lowest BCUT2D eigenvalue weighted by Gasteiger charge is -2.34. The molecule has 0 aromatic rings. The SMILES string of the molecule is C#CCCCC(C)(C)C(O[SiH2]C)O[SiH2]C. The monoisotopic (exact) mass is 244 g/mol. The van der Waals surface area contributed by atoms with Crippen LogP contribution in [0.2, 0.25) is 13.1 Å². The van der Waals surface area contributed by atoms with Crippen molar-refractivity contribution in [1.82, 2.24) is 0 Å². The van der Waals surface area contributed by atoms with E-state index in [1.165, 1.54) is 0 Å². The first-order valence-corrected chi connectivity index (χ1v) is 9.73. The number of unbranched alkanes of at least 4 members (excludes halogenated alkanes) is 1. The van der Waals surface area contributed by atoms with Crippen molar-refractivity contribution >= 4 is 19.5 Å². The molecule has 0 aromatic heterocycles. The normalized spacial score (nSPS) is 15.1. The highest BCUT2D eigenvalue weighted by atomic mass is 28.2. The van der Waals surface area contributed by atoms with E-state index >= 15 is 0 Å². The van der Waals surface area contributed by atoms with Gasteiger partial charge in [-0.2, -0.15) is 0 Å². The van der Waals surface area contributed by atoms with Crippen LogP contribution in [0.3, 0.4) is 0 Å². The third-order valence-corrected chi connectivity index (χ3v) is 3.69. The molecule has 0 spiro atoms. The largest absolute Gasteiger partial charge is 0.400 e. The second kappa shape index (κ2) is 8.11. The van der Waals surface area contributed by atoms with Gasteiger partial charge in [0.05, 0.1) is 0 Å². The highest BCUT2D eigenvalue weighted by Crippen LogP contribution is 2.30. The second-order valence-corrected chi connectivity index (χ2v) is 6.11. The van der Waals surface area contributed by atoms with Crippen LogP contribution in [0.1, 0.15) is 33.1 Å². The molecule has 0 saturated heterocycles. The maximum atomic E-state index is 5.78. The number of hydrogen-bond donors (Lipinski definition) is 0. The molecule has 0 fully saturated rings. The van der Waals surface area contributed by atoms with Gasteiger partial charge in [0, 0.05) is 11.8 Å². The third-order valence-electron chi connectivity index (χ3n) is 2.42. The molecule has 0 saturated carbocycles. The van der Waals surface area contributed by atoms with E-state index in [0.29, 0.717) is 0 Å². The van der Waals surface area contributed by atoms with Crippen molar-refractivity contribution in [3.8, 4) is 12.3 Å². The maximum Gasteiger partial charge on any atom is 0.161 e. The predicted molar refractivity (Wildman–Crippen MR) is 71.2 cm³/mol. The lowest BCUT2D eigenvalue weighted by atomic mass is 9.86. The van der Waals surface area contributed by atoms with Crippen molar-refractivity contribution in [2.24, 2.45) is 5.41 Å². The van der Waals surface area contributed by atoms with E-state index in [2.05, 4.69) is 32.9 Å². The molecule has 0 amide bonds. The van der Waals surface area contributed by atoms with Gasteiger partial charge in [-0.15, -0.1) is 12.3 Å². The fraction of sp³-hybridized carbons (Fsp3) is 0.818. The molecule has 0 bridgehead atoms. The zero-order valence-corrected chi connectivity index (χ0v) is 13.3. The van der Waals surface area contributed by atoms with Gasteiger partial charge in [-0.25, -0.2) is 0 Å². The Hall–Kier alpha value is -0.0862. The minimum atomic E-state index is -0.405. The summed E-state index contributed by atoms with van der Waals surface area (Å²) in [6, 6.07) is 0. The fourth-order valence-corrected chi connectivity index (χ4v) is 3.46. The second-order valence-electron chi connectivity index (χ2n) is 4.29. The Morgan fingerprint density at radius 2 is 1.80 bits per heavy atom. The summed E-state index contributed by atoms with van der Waals surface area (Å²) < 4.78 is 11.6. The van der Waals surface area contributed by atoms with E-state index in [1.54, 1.807) is 0 Å². The molecule has 2 nitrogen and oxygen atoms in total. The minimum absolute atomic E-state index is 0.00334. The maximum absolute atomic E-state index is 5.78. The number of rotatable bonds is 8. The Kier molecular flexibility index (Phi) is 8.06. The predicted octanol–water partition coefficient (Wildman–Crippen LogP) is 1.44. The van der Waals surface area contributed by atoms with Crippen molar-refractivity contribution in [3.63, 3.8) is 0 Å². The molecule has 0 radical (unpaired) electrons. The molecular weight excluding hydrogens is 220 g/mol. The summed E-state index contributed by atoms with van der Waals surface area (Å²) in [5, 5.41) is 0. The Balaban J connectivity index is 4.15. The van der Waals surface area contributed by atoms with Crippen LogP contribution in [0.5, 0.6) is 0 Å². The highest BCUT2D eigenvalue weighted by molar-refractivity contribution is 6.26. The van der Waals surface area contributed by atoms with Crippen LogP contribution in [-0.4, -0.2) is 25.8 Å². The lowest BCUT2D eigenvalue weighted by Crippen LogP contribution is -2.36. The number of terminal acetylenes is 1. The Morgan fingerprint density at radius 1 is 1.27 bits per heavy atom. The highest BCUT2D eigenvalue weighted by Gasteiger charge is 2.29. The average molecular weight is 244 g/mol. The molecule has 0 atom stereocenters. The van der Waals surface area contributed by atoms with Gasteiger partial charge in [0.15, 0.2) is 19.5 Å². The van der Waals surface area contributed by atoms with Crippen LogP contribution >= 0.6 is 0 Å². The van der Waals surface area contributed by atoms with Crippen LogP contribution in [0.15, 0.2) is 0 Å². The van der Waals surface area contributed by atoms with Gasteiger partial charge in [0.2, 0.25) is 0 Å². The first kappa shape index (κ1) is 14.9. The smallest absolute Gasteiger partial charge is 0.161 e. The Morgan fingerprint density at radius 3 is 2.20 bits per heavy atom. The first-order valence-electron chi connectivity index (χ1n) is 5.75. The number of hydrogen-bond acceptors (Lipinski definition) is 2. The molecule has 4 heteroatoms. The van der Waals surface area contributed by atoms with E-state index in [-0.39, 0.29) is 11.7 Å². The summed E-state index contributed by atoms with van der Waals surface area (Å²) in [6.07, 6.45) is 8.24. The Bertz CT molecular complexity index is 193. The average Bonchev–Trinajstić information content (AvgIpc) is 2.18. The zero-order chi connectivity index (χ0) is 11.7. The van der Waals surface area contributed by atoms with E-state index < -0.39 is 19.5 Å². The molecule has 0 aliphatic heterocycles. The molecule has 0 aliphatic rings. The summed E-state index contributed by atoms with van der Waals surface area (Å²) in [5.41, 5.74) is 0.100. The van der Waals surface area contributed by atoms with Crippen LogP contribution in [-0.2, 0) is 8.85 Å². The van der Waals surface area contributed by atoms with E-state index in [9.17, 15) is 0 Å². The summed E-state index contributed by atoms with van der Waals surface area (Å²) in [5.74, 6) is 2.68. The van der Waals surface area contributed by atoms with Crippen LogP contribution in [0.25, 0.3) is 0 Å². The van der Waals surface area contributed by atoms with Crippen molar-refractivity contribution < 1.29 is 8.85 Å². The standard InChI is InChI=1S/C11H24O2Si2/c1-6-7-8-9-11(2,3)10(12-14-4)13-15-5/h1,10H,7-9,14-15H2,2-5H3. The van der Waals surface area contributed by atoms with Gasteiger partial charge in [-0.3, -0.25) is 0 Å². The Labute approximate surface area is 99.0 Å². The third kappa shape index (κ3) is 6.15. The van der Waals surface area contributed by atoms with Crippen molar-refractivity contribution in [2.75, 3.05) is 0 Å². The summed E-state index contributed by atoms with van der Waals surface area (Å²) in [4.78, 5) is 0. The molecule has 0 aliphatic carbocycles. The molecule has 0 heterocycles. The van der Waals surface area contributed by atoms with Gasteiger partial charge in [-0.1, -0.05) is 26.9 Å². The van der Waals surface area contributed by atoms with E-state index in [0.717, 1.165) is 19.3 Å². The molecule has 0 rings (SSSR count). The molecular formula is C11H24O2Si2. The topological polar surface area (TPSA) is 18.5 Å². The summed E-state index contributed by atoms with van der Waals surface area (Å²) >= 11 is 0. The summed E-state index contributed by atoms with van der Waals surface area (Å²) in [6.45, 7) is 8.71. The van der Waals surface area contributed by atoms with Gasteiger partial charge >= 0.3 is 0 Å². The van der Waals surface area contributed by atoms with Gasteiger partial charge in [0.1, 0.15) is 6.29 Å². The van der Waals surface area contributed by atoms with Crippen LogP contribution < -0.4 is 0 Å². The summed E-state index contributed by atoms with van der Waals surface area (Å²) in [7, 11) is -0.810. The van der Waals surface area contributed by atoms with Gasteiger partial charge in [-0.05, 0) is 12.8 Å². The van der Waals surface area contributed by atoms with Crippen molar-refractivity contribution in [3.05, 3.63) is 0 Å². The minimum Gasteiger partial charge on any atom is -0.400 e. The molecule has 15 heavy (non-hydrogen) atoms. The molecule has 0 unspecified atom stereocenters. The van der Waals surface area contributed by atoms with Crippen molar-refractivity contribution in [2.45, 2.75) is 52.5 Å². The quantitative estimate of drug-likeness (QED) is 0.278. The van der Waals surface area contributed by atoms with E-state index in [4.69, 9.17) is 15.3 Å². The molecule has 0 aromatic carbocycles. The van der Waals surface area contributed by atoms with Crippen LogP contribution in [0.4, 0.5) is 0 Å². The molecule has 88 valence electrons. The first-order chi connectivity index (χ1) is 7.08.